The molecule has 0 heterocycles. The number of nitrogens with one attached hydrogen (secondary N) is 1. The third kappa shape index (κ3) is 6.43. The lowest BCUT2D eigenvalue weighted by atomic mass is 10.0. The van der Waals surface area contributed by atoms with Gasteiger partial charge in [0.25, 0.3) is 5.91 Å². The Morgan fingerprint density at radius 3 is 2.71 bits per heavy atom. The number of aryl methyl sites for hydroxylation is 1. The molecule has 6 heteroatoms. The Bertz CT molecular complexity index is 669. The molecule has 0 bridgehead atoms. The number of aliphatic hydroxyl groups excluding tert-OH is 1. The van der Waals surface area contributed by atoms with Crippen LogP contribution in [0.3, 0.4) is 0 Å². The van der Waals surface area contributed by atoms with Crippen LogP contribution < -0.4 is 5.32 Å². The number of hydrogen-bond donors (Lipinski definition) is 2. The maximum Gasteiger partial charge on any atom is 0.252 e. The molecule has 2 N–H and O–H groups in total. The first-order chi connectivity index (χ1) is 9.83. The zero-order valence-electron chi connectivity index (χ0n) is 12.1. The van der Waals surface area contributed by atoms with Crippen molar-refractivity contribution in [2.45, 2.75) is 13.3 Å². The van der Waals surface area contributed by atoms with Crippen LogP contribution in [0, 0.1) is 18.8 Å². The fourth-order valence-corrected chi connectivity index (χ4v) is 2.39. The summed E-state index contributed by atoms with van der Waals surface area (Å²) in [6.45, 7) is 1.90. The van der Waals surface area contributed by atoms with Gasteiger partial charge in [-0.1, -0.05) is 17.9 Å². The van der Waals surface area contributed by atoms with Gasteiger partial charge in [0.1, 0.15) is 16.4 Å². The zero-order valence-corrected chi connectivity index (χ0v) is 13.0. The first-order valence-electron chi connectivity index (χ1n) is 6.50. The average molecular weight is 309 g/mol. The summed E-state index contributed by atoms with van der Waals surface area (Å²) in [6.07, 6.45) is 1.53. The molecule has 1 amide bonds. The van der Waals surface area contributed by atoms with E-state index in [-0.39, 0.29) is 24.8 Å². The highest BCUT2D eigenvalue weighted by Crippen LogP contribution is 2.10. The molecule has 0 aliphatic heterocycles. The molecule has 0 fully saturated rings. The van der Waals surface area contributed by atoms with Crippen molar-refractivity contribution in [2.75, 3.05) is 25.2 Å². The van der Waals surface area contributed by atoms with Crippen LogP contribution in [0.15, 0.2) is 18.2 Å². The van der Waals surface area contributed by atoms with Crippen molar-refractivity contribution in [1.82, 2.24) is 5.32 Å². The van der Waals surface area contributed by atoms with Crippen LogP contribution in [0.1, 0.15) is 27.9 Å². The highest BCUT2D eigenvalue weighted by Gasteiger charge is 2.10. The summed E-state index contributed by atoms with van der Waals surface area (Å²) in [5, 5.41) is 11.4. The van der Waals surface area contributed by atoms with Crippen molar-refractivity contribution < 1.29 is 18.3 Å². The average Bonchev–Trinajstić information content (AvgIpc) is 2.40. The van der Waals surface area contributed by atoms with Crippen molar-refractivity contribution in [1.29, 1.82) is 0 Å². The van der Waals surface area contributed by atoms with Crippen LogP contribution in [-0.2, 0) is 9.84 Å². The maximum absolute atomic E-state index is 12.1. The van der Waals surface area contributed by atoms with Crippen LogP contribution in [0.2, 0.25) is 0 Å². The van der Waals surface area contributed by atoms with E-state index >= 15 is 0 Å². The van der Waals surface area contributed by atoms with Gasteiger partial charge in [0.15, 0.2) is 0 Å². The molecule has 0 spiro atoms. The number of rotatable bonds is 5. The van der Waals surface area contributed by atoms with E-state index in [0.29, 0.717) is 17.5 Å². The Morgan fingerprint density at radius 1 is 1.38 bits per heavy atom. The number of carbonyl (C=O) groups excluding carboxylic acids is 1. The third-order valence-corrected chi connectivity index (χ3v) is 3.73. The molecular weight excluding hydrogens is 290 g/mol. The fraction of sp³-hybridized carbons (Fsp3) is 0.400. The lowest BCUT2D eigenvalue weighted by molar-refractivity contribution is 0.0953. The van der Waals surface area contributed by atoms with Crippen molar-refractivity contribution in [3.05, 3.63) is 34.9 Å². The summed E-state index contributed by atoms with van der Waals surface area (Å²) >= 11 is 0. The minimum absolute atomic E-state index is 0.0400. The van der Waals surface area contributed by atoms with E-state index in [1.807, 2.05) is 6.92 Å². The second-order valence-electron chi connectivity index (χ2n) is 4.75. The molecule has 0 aliphatic carbocycles. The SMILES string of the molecule is Cc1ccc(C(=O)NCCCS(C)(=O)=O)c(C#CCO)c1. The molecule has 0 aromatic heterocycles. The number of aliphatic hydroxyl groups is 1. The summed E-state index contributed by atoms with van der Waals surface area (Å²) in [4.78, 5) is 12.1. The molecule has 0 aliphatic rings. The number of amides is 1. The van der Waals surface area contributed by atoms with E-state index in [9.17, 15) is 13.2 Å². The first-order valence-corrected chi connectivity index (χ1v) is 8.56. The van der Waals surface area contributed by atoms with Crippen LogP contribution in [0.5, 0.6) is 0 Å². The predicted molar refractivity (Wildman–Crippen MR) is 81.8 cm³/mol. The van der Waals surface area contributed by atoms with Gasteiger partial charge in [-0.05, 0) is 31.0 Å². The van der Waals surface area contributed by atoms with Gasteiger partial charge in [-0.3, -0.25) is 4.79 Å². The van der Waals surface area contributed by atoms with E-state index < -0.39 is 9.84 Å². The number of hydrogen-bond acceptors (Lipinski definition) is 4. The second-order valence-corrected chi connectivity index (χ2v) is 7.01. The Morgan fingerprint density at radius 2 is 2.10 bits per heavy atom. The van der Waals surface area contributed by atoms with Gasteiger partial charge in [-0.25, -0.2) is 8.42 Å². The first kappa shape index (κ1) is 17.2. The molecule has 1 aromatic rings. The molecule has 0 saturated carbocycles. The van der Waals surface area contributed by atoms with Gasteiger partial charge in [-0.2, -0.15) is 0 Å². The third-order valence-electron chi connectivity index (χ3n) is 2.70. The Labute approximate surface area is 125 Å². The standard InChI is InChI=1S/C15H19NO4S/c1-12-6-7-14(13(11-12)5-3-9-17)15(18)16-8-4-10-21(2,19)20/h6-7,11,17H,4,8-10H2,1-2H3,(H,16,18). The van der Waals surface area contributed by atoms with Crippen molar-refractivity contribution >= 4 is 15.7 Å². The van der Waals surface area contributed by atoms with E-state index in [1.165, 1.54) is 0 Å². The fourth-order valence-electron chi connectivity index (χ4n) is 1.73. The lowest BCUT2D eigenvalue weighted by Gasteiger charge is -2.07. The van der Waals surface area contributed by atoms with Crippen LogP contribution in [0.25, 0.3) is 0 Å². The Balaban J connectivity index is 2.74. The molecule has 0 unspecified atom stereocenters. The molecule has 1 aromatic carbocycles. The summed E-state index contributed by atoms with van der Waals surface area (Å²) in [7, 11) is -3.01. The number of benzene rings is 1. The van der Waals surface area contributed by atoms with Crippen LogP contribution >= 0.6 is 0 Å². The van der Waals surface area contributed by atoms with Gasteiger partial charge in [-0.15, -0.1) is 0 Å². The van der Waals surface area contributed by atoms with E-state index in [1.54, 1.807) is 18.2 Å². The smallest absolute Gasteiger partial charge is 0.252 e. The van der Waals surface area contributed by atoms with Crippen molar-refractivity contribution in [2.24, 2.45) is 0 Å². The largest absolute Gasteiger partial charge is 0.384 e. The van der Waals surface area contributed by atoms with E-state index in [0.717, 1.165) is 11.8 Å². The van der Waals surface area contributed by atoms with Gasteiger partial charge in [0.2, 0.25) is 0 Å². The van der Waals surface area contributed by atoms with Crippen LogP contribution in [-0.4, -0.2) is 44.6 Å². The number of carbonyl (C=O) groups is 1. The van der Waals surface area contributed by atoms with Gasteiger partial charge in [0, 0.05) is 18.4 Å². The van der Waals surface area contributed by atoms with E-state index in [2.05, 4.69) is 17.2 Å². The molecular formula is C15H19NO4S. The topological polar surface area (TPSA) is 83.5 Å². The molecule has 1 rings (SSSR count). The van der Waals surface area contributed by atoms with E-state index in [4.69, 9.17) is 5.11 Å². The highest BCUT2D eigenvalue weighted by atomic mass is 32.2. The minimum atomic E-state index is -3.01. The molecule has 5 nitrogen and oxygen atoms in total. The summed E-state index contributed by atoms with van der Waals surface area (Å²) < 4.78 is 22.0. The van der Waals surface area contributed by atoms with Crippen LogP contribution in [0.4, 0.5) is 0 Å². The molecule has 0 radical (unpaired) electrons. The Hall–Kier alpha value is -1.84. The van der Waals surface area contributed by atoms with Gasteiger partial charge >= 0.3 is 0 Å². The Kier molecular flexibility index (Phi) is 6.40. The minimum Gasteiger partial charge on any atom is -0.384 e. The molecule has 21 heavy (non-hydrogen) atoms. The van der Waals surface area contributed by atoms with Crippen molar-refractivity contribution in [3.63, 3.8) is 0 Å². The number of sulfone groups is 1. The summed E-state index contributed by atoms with van der Waals surface area (Å²) in [6, 6.07) is 5.24. The summed E-state index contributed by atoms with van der Waals surface area (Å²) in [5.41, 5.74) is 1.93. The quantitative estimate of drug-likeness (QED) is 0.613. The normalized spacial score (nSPS) is 10.6. The highest BCUT2D eigenvalue weighted by molar-refractivity contribution is 7.90. The molecule has 114 valence electrons. The van der Waals surface area contributed by atoms with Gasteiger partial charge in [0.05, 0.1) is 11.3 Å². The predicted octanol–water partition coefficient (Wildman–Crippen LogP) is 0.503. The summed E-state index contributed by atoms with van der Waals surface area (Å²) in [5.74, 6) is 5.00. The molecule has 0 saturated heterocycles. The van der Waals surface area contributed by atoms with Gasteiger partial charge < -0.3 is 10.4 Å². The zero-order chi connectivity index (χ0) is 15.9. The monoisotopic (exact) mass is 309 g/mol. The second kappa shape index (κ2) is 7.81. The lowest BCUT2D eigenvalue weighted by Crippen LogP contribution is -2.26. The van der Waals surface area contributed by atoms with Crippen molar-refractivity contribution in [3.8, 4) is 11.8 Å². The maximum atomic E-state index is 12.1. The molecule has 0 atom stereocenters.